The Morgan fingerprint density at radius 3 is 2.33 bits per heavy atom. The van der Waals surface area contributed by atoms with Crippen LogP contribution >= 0.6 is 0 Å². The number of aromatic nitrogens is 1. The molecule has 1 fully saturated rings. The molecule has 0 saturated heterocycles. The Bertz CT molecular complexity index is 1140. The van der Waals surface area contributed by atoms with Crippen LogP contribution in [0.3, 0.4) is 0 Å². The zero-order valence-electron chi connectivity index (χ0n) is 14.3. The second-order valence-corrected chi connectivity index (χ2v) is 7.26. The summed E-state index contributed by atoms with van der Waals surface area (Å²) in [6.45, 7) is 0. The van der Waals surface area contributed by atoms with Gasteiger partial charge in [-0.25, -0.2) is 4.98 Å². The van der Waals surface area contributed by atoms with Crippen molar-refractivity contribution < 1.29 is 9.85 Å². The average Bonchev–Trinajstić information content (AvgIpc) is 3.29. The van der Waals surface area contributed by atoms with Crippen LogP contribution in [0, 0.1) is 20.2 Å². The van der Waals surface area contributed by atoms with Gasteiger partial charge in [-0.1, -0.05) is 12.1 Å². The fourth-order valence-corrected chi connectivity index (χ4v) is 4.75. The van der Waals surface area contributed by atoms with E-state index in [1.54, 1.807) is 24.3 Å². The first kappa shape index (κ1) is 15.9. The van der Waals surface area contributed by atoms with E-state index in [9.17, 15) is 20.2 Å². The van der Waals surface area contributed by atoms with Crippen LogP contribution in [0.4, 0.5) is 11.4 Å². The predicted octanol–water partition coefficient (Wildman–Crippen LogP) is 5.08. The standard InChI is InChI=1S/C20H15N3O4/c24-22(25)14-3-1-2-13(9-14)20-19-12-5-4-11(8-12)18(19)16-10-15(23(26)27)6-7-17(16)21-20/h1-3,6-7,9-12H,4-5,8H2. The summed E-state index contributed by atoms with van der Waals surface area (Å²) >= 11 is 0. The fourth-order valence-electron chi connectivity index (χ4n) is 4.75. The third-order valence-electron chi connectivity index (χ3n) is 5.84. The second-order valence-electron chi connectivity index (χ2n) is 7.26. The van der Waals surface area contributed by atoms with Crippen LogP contribution in [-0.4, -0.2) is 14.8 Å². The second kappa shape index (κ2) is 5.57. The molecule has 0 amide bonds. The van der Waals surface area contributed by atoms with E-state index in [1.165, 1.54) is 12.1 Å². The largest absolute Gasteiger partial charge is 0.270 e. The first-order chi connectivity index (χ1) is 13.0. The molecular formula is C20H15N3O4. The Balaban J connectivity index is 1.81. The molecule has 2 aliphatic carbocycles. The minimum atomic E-state index is -0.402. The van der Waals surface area contributed by atoms with E-state index in [2.05, 4.69) is 0 Å². The van der Waals surface area contributed by atoms with Crippen LogP contribution in [0.25, 0.3) is 22.2 Å². The highest BCUT2D eigenvalue weighted by Gasteiger charge is 2.41. The molecule has 3 aromatic rings. The first-order valence-corrected chi connectivity index (χ1v) is 8.89. The first-order valence-electron chi connectivity index (χ1n) is 8.89. The van der Waals surface area contributed by atoms with Gasteiger partial charge in [-0.3, -0.25) is 20.2 Å². The Labute approximate surface area is 154 Å². The molecular weight excluding hydrogens is 346 g/mol. The van der Waals surface area contributed by atoms with Gasteiger partial charge in [0.2, 0.25) is 0 Å². The maximum absolute atomic E-state index is 11.2. The molecule has 2 unspecified atom stereocenters. The zero-order valence-corrected chi connectivity index (χ0v) is 14.3. The molecule has 2 atom stereocenters. The quantitative estimate of drug-likeness (QED) is 0.478. The van der Waals surface area contributed by atoms with Gasteiger partial charge >= 0.3 is 0 Å². The molecule has 5 rings (SSSR count). The van der Waals surface area contributed by atoms with Crippen LogP contribution in [0.15, 0.2) is 42.5 Å². The average molecular weight is 361 g/mol. The Morgan fingerprint density at radius 2 is 1.59 bits per heavy atom. The maximum atomic E-state index is 11.2. The Morgan fingerprint density at radius 1 is 0.889 bits per heavy atom. The zero-order chi connectivity index (χ0) is 18.7. The highest BCUT2D eigenvalue weighted by atomic mass is 16.6. The molecule has 1 saturated carbocycles. The molecule has 2 aromatic carbocycles. The monoisotopic (exact) mass is 361 g/mol. The van der Waals surface area contributed by atoms with Gasteiger partial charge < -0.3 is 0 Å². The van der Waals surface area contributed by atoms with Crippen molar-refractivity contribution in [3.63, 3.8) is 0 Å². The summed E-state index contributed by atoms with van der Waals surface area (Å²) in [5.41, 5.74) is 4.59. The van der Waals surface area contributed by atoms with Gasteiger partial charge in [0.25, 0.3) is 11.4 Å². The van der Waals surface area contributed by atoms with E-state index in [-0.39, 0.29) is 16.3 Å². The van der Waals surface area contributed by atoms with Gasteiger partial charge in [0.1, 0.15) is 0 Å². The van der Waals surface area contributed by atoms with E-state index in [1.807, 2.05) is 6.07 Å². The predicted molar refractivity (Wildman–Crippen MR) is 99.8 cm³/mol. The number of rotatable bonds is 3. The summed E-state index contributed by atoms with van der Waals surface area (Å²) in [5, 5.41) is 23.2. The van der Waals surface area contributed by atoms with Gasteiger partial charge in [0, 0.05) is 35.2 Å². The number of pyridine rings is 1. The van der Waals surface area contributed by atoms with E-state index >= 15 is 0 Å². The number of non-ortho nitro benzene ring substituents is 2. The lowest BCUT2D eigenvalue weighted by Gasteiger charge is -2.20. The Kier molecular flexibility index (Phi) is 3.28. The summed E-state index contributed by atoms with van der Waals surface area (Å²) in [6.07, 6.45) is 3.18. The molecule has 0 spiro atoms. The number of fused-ring (bicyclic) bond motifs is 7. The lowest BCUT2D eigenvalue weighted by Crippen LogP contribution is -2.05. The van der Waals surface area contributed by atoms with Gasteiger partial charge in [-0.2, -0.15) is 0 Å². The molecule has 2 bridgehead atoms. The number of hydrogen-bond donors (Lipinski definition) is 0. The van der Waals surface area contributed by atoms with Crippen molar-refractivity contribution in [2.45, 2.75) is 31.1 Å². The number of nitrogens with zero attached hydrogens (tertiary/aromatic N) is 3. The van der Waals surface area contributed by atoms with E-state index in [4.69, 9.17) is 4.98 Å². The van der Waals surface area contributed by atoms with Crippen molar-refractivity contribution in [2.24, 2.45) is 0 Å². The minimum absolute atomic E-state index is 0.0370. The van der Waals surface area contributed by atoms with Crippen molar-refractivity contribution >= 4 is 22.3 Å². The third-order valence-corrected chi connectivity index (χ3v) is 5.84. The number of nitro groups is 2. The summed E-state index contributed by atoms with van der Waals surface area (Å²) in [5.74, 6) is 0.755. The van der Waals surface area contributed by atoms with Gasteiger partial charge in [0.05, 0.1) is 21.1 Å². The molecule has 1 aromatic heterocycles. The molecule has 7 heteroatoms. The smallest absolute Gasteiger partial charge is 0.258 e. The van der Waals surface area contributed by atoms with Crippen molar-refractivity contribution in [3.05, 3.63) is 73.8 Å². The van der Waals surface area contributed by atoms with Gasteiger partial charge in [-0.05, 0) is 48.3 Å². The third kappa shape index (κ3) is 2.31. The number of benzene rings is 2. The topological polar surface area (TPSA) is 99.2 Å². The molecule has 7 nitrogen and oxygen atoms in total. The lowest BCUT2D eigenvalue weighted by molar-refractivity contribution is -0.384. The number of hydrogen-bond acceptors (Lipinski definition) is 5. The van der Waals surface area contributed by atoms with Gasteiger partial charge in [-0.15, -0.1) is 0 Å². The lowest BCUT2D eigenvalue weighted by atomic mass is 9.86. The Hall–Kier alpha value is -3.35. The summed E-state index contributed by atoms with van der Waals surface area (Å²) in [4.78, 5) is 26.4. The summed E-state index contributed by atoms with van der Waals surface area (Å²) in [7, 11) is 0. The minimum Gasteiger partial charge on any atom is -0.258 e. The van der Waals surface area contributed by atoms with Crippen molar-refractivity contribution in [2.75, 3.05) is 0 Å². The van der Waals surface area contributed by atoms with Crippen LogP contribution in [0.5, 0.6) is 0 Å². The molecule has 0 aliphatic heterocycles. The van der Waals surface area contributed by atoms with E-state index in [0.29, 0.717) is 17.4 Å². The van der Waals surface area contributed by atoms with Crippen LogP contribution in [-0.2, 0) is 0 Å². The SMILES string of the molecule is O=[N+]([O-])c1cccc(-c2nc3ccc([N+](=O)[O-])cc3c3c2C2CCC3C2)c1. The molecule has 2 aliphatic rings. The van der Waals surface area contributed by atoms with Crippen molar-refractivity contribution in [1.29, 1.82) is 0 Å². The van der Waals surface area contributed by atoms with Crippen LogP contribution in [0.2, 0.25) is 0 Å². The normalized spacial score (nSPS) is 20.0. The number of nitro benzene ring substituents is 2. The fraction of sp³-hybridized carbons (Fsp3) is 0.250. The molecule has 1 heterocycles. The highest BCUT2D eigenvalue weighted by molar-refractivity contribution is 5.91. The molecule has 134 valence electrons. The van der Waals surface area contributed by atoms with Crippen LogP contribution in [0.1, 0.15) is 42.2 Å². The molecule has 27 heavy (non-hydrogen) atoms. The summed E-state index contributed by atoms with van der Waals surface area (Å²) in [6, 6.07) is 11.3. The van der Waals surface area contributed by atoms with Crippen LogP contribution < -0.4 is 0 Å². The van der Waals surface area contributed by atoms with Crippen molar-refractivity contribution in [3.8, 4) is 11.3 Å². The molecule has 0 radical (unpaired) electrons. The maximum Gasteiger partial charge on any atom is 0.270 e. The van der Waals surface area contributed by atoms with E-state index < -0.39 is 4.92 Å². The van der Waals surface area contributed by atoms with Crippen molar-refractivity contribution in [1.82, 2.24) is 4.98 Å². The highest BCUT2D eigenvalue weighted by Crippen LogP contribution is 2.57. The van der Waals surface area contributed by atoms with Gasteiger partial charge in [0.15, 0.2) is 0 Å². The molecule has 0 N–H and O–H groups in total. The van der Waals surface area contributed by atoms with E-state index in [0.717, 1.165) is 47.0 Å². The summed E-state index contributed by atoms with van der Waals surface area (Å²) < 4.78 is 0.